The number of benzene rings is 1. The van der Waals surface area contributed by atoms with Gasteiger partial charge in [0.1, 0.15) is 17.1 Å². The van der Waals surface area contributed by atoms with E-state index in [2.05, 4.69) is 10.2 Å². The number of aryl methyl sites for hydroxylation is 1. The lowest BCUT2D eigenvalue weighted by molar-refractivity contribution is 0.534. The highest BCUT2D eigenvalue weighted by molar-refractivity contribution is 7.99. The largest absolute Gasteiger partial charge is 0.469 e. The van der Waals surface area contributed by atoms with Crippen LogP contribution < -0.4 is 0 Å². The van der Waals surface area contributed by atoms with E-state index in [9.17, 15) is 0 Å². The number of hydrogen-bond acceptors (Lipinski definition) is 6. The van der Waals surface area contributed by atoms with Crippen LogP contribution in [0.2, 0.25) is 0 Å². The molecule has 1 aliphatic rings. The Balaban J connectivity index is 1.64. The number of furan rings is 2. The first-order valence-corrected chi connectivity index (χ1v) is 8.47. The van der Waals surface area contributed by atoms with Gasteiger partial charge in [0.15, 0.2) is 11.6 Å². The van der Waals surface area contributed by atoms with E-state index >= 15 is 0 Å². The Morgan fingerprint density at radius 3 is 2.92 bits per heavy atom. The summed E-state index contributed by atoms with van der Waals surface area (Å²) in [7, 11) is 0. The van der Waals surface area contributed by atoms with Gasteiger partial charge in [-0.1, -0.05) is 30.0 Å². The number of aromatic nitrogens is 3. The minimum Gasteiger partial charge on any atom is -0.469 e. The van der Waals surface area contributed by atoms with Crippen LogP contribution in [0, 0.1) is 6.92 Å². The first-order chi connectivity index (χ1) is 11.8. The van der Waals surface area contributed by atoms with E-state index in [4.69, 9.17) is 13.9 Å². The average molecular weight is 336 g/mol. The van der Waals surface area contributed by atoms with Gasteiger partial charge in [0.25, 0.3) is 0 Å². The van der Waals surface area contributed by atoms with Crippen LogP contribution in [0.5, 0.6) is 0 Å². The van der Waals surface area contributed by atoms with Crippen molar-refractivity contribution in [3.8, 4) is 11.4 Å². The van der Waals surface area contributed by atoms with Crippen molar-refractivity contribution in [3.05, 3.63) is 54.2 Å². The Kier molecular flexibility index (Phi) is 2.90. The van der Waals surface area contributed by atoms with Crippen molar-refractivity contribution < 1.29 is 8.83 Å². The molecule has 0 amide bonds. The minimum atomic E-state index is 0.678. The van der Waals surface area contributed by atoms with E-state index in [1.807, 2.05) is 43.3 Å². The van der Waals surface area contributed by atoms with Gasteiger partial charge in [-0.2, -0.15) is 9.78 Å². The lowest BCUT2D eigenvalue weighted by Crippen LogP contribution is -2.13. The van der Waals surface area contributed by atoms with Gasteiger partial charge in [0, 0.05) is 11.1 Å². The number of nitrogens with zero attached hydrogens (tertiary/aromatic N) is 4. The van der Waals surface area contributed by atoms with Crippen LogP contribution in [0.25, 0.3) is 22.4 Å². The molecular formula is C17H12N4O2S. The maximum absolute atomic E-state index is 5.94. The van der Waals surface area contributed by atoms with Crippen LogP contribution >= 0.6 is 11.8 Å². The summed E-state index contributed by atoms with van der Waals surface area (Å²) in [5, 5.41) is 15.0. The average Bonchev–Trinajstić information content (AvgIpc) is 3.31. The molecule has 3 aromatic heterocycles. The molecule has 0 bridgehead atoms. The van der Waals surface area contributed by atoms with E-state index in [0.29, 0.717) is 11.6 Å². The fourth-order valence-corrected chi connectivity index (χ4v) is 3.57. The van der Waals surface area contributed by atoms with E-state index in [0.717, 1.165) is 38.9 Å². The van der Waals surface area contributed by atoms with Crippen molar-refractivity contribution in [3.63, 3.8) is 0 Å². The molecule has 0 N–H and O–H groups in total. The van der Waals surface area contributed by atoms with Crippen molar-refractivity contribution in [2.24, 2.45) is 5.10 Å². The molecule has 7 heteroatoms. The highest BCUT2D eigenvalue weighted by Crippen LogP contribution is 2.31. The van der Waals surface area contributed by atoms with E-state index in [1.165, 1.54) is 0 Å². The third-order valence-electron chi connectivity index (χ3n) is 3.98. The van der Waals surface area contributed by atoms with Crippen molar-refractivity contribution in [1.29, 1.82) is 0 Å². The zero-order chi connectivity index (χ0) is 16.1. The van der Waals surface area contributed by atoms with Gasteiger partial charge in [-0.05, 0) is 25.1 Å². The van der Waals surface area contributed by atoms with Gasteiger partial charge in [-0.15, -0.1) is 10.2 Å². The highest BCUT2D eigenvalue weighted by Gasteiger charge is 2.23. The van der Waals surface area contributed by atoms with E-state index in [1.54, 1.807) is 22.7 Å². The van der Waals surface area contributed by atoms with E-state index < -0.39 is 0 Å². The Morgan fingerprint density at radius 1 is 1.17 bits per heavy atom. The summed E-state index contributed by atoms with van der Waals surface area (Å²) in [6.07, 6.45) is 1.64. The number of fused-ring (bicyclic) bond motifs is 2. The highest BCUT2D eigenvalue weighted by atomic mass is 32.2. The van der Waals surface area contributed by atoms with Gasteiger partial charge >= 0.3 is 0 Å². The fourth-order valence-electron chi connectivity index (χ4n) is 2.76. The van der Waals surface area contributed by atoms with Crippen LogP contribution in [-0.4, -0.2) is 26.3 Å². The first kappa shape index (κ1) is 13.6. The van der Waals surface area contributed by atoms with Gasteiger partial charge in [0.05, 0.1) is 11.8 Å². The molecule has 4 heterocycles. The van der Waals surface area contributed by atoms with Crippen LogP contribution in [0.1, 0.15) is 11.5 Å². The van der Waals surface area contributed by atoms with Crippen LogP contribution in [0.15, 0.2) is 61.8 Å². The zero-order valence-corrected chi connectivity index (χ0v) is 13.6. The number of rotatable bonds is 2. The number of hydrogen-bond donors (Lipinski definition) is 0. The van der Waals surface area contributed by atoms with Crippen molar-refractivity contribution in [2.75, 3.05) is 5.75 Å². The standard InChI is InChI=1S/C17H12N4O2S/c1-10-12(6-7-22-10)16-18-19-17-21(16)20-13(9-24-17)15-8-11-4-2-3-5-14(11)23-15/h2-8H,9H2,1H3. The summed E-state index contributed by atoms with van der Waals surface area (Å²) in [5.41, 5.74) is 2.62. The zero-order valence-electron chi connectivity index (χ0n) is 12.8. The molecule has 0 radical (unpaired) electrons. The van der Waals surface area contributed by atoms with Gasteiger partial charge in [0.2, 0.25) is 5.16 Å². The number of thioether (sulfide) groups is 1. The van der Waals surface area contributed by atoms with Crippen LogP contribution in [0.4, 0.5) is 0 Å². The molecule has 0 saturated carbocycles. The van der Waals surface area contributed by atoms with Crippen molar-refractivity contribution >= 4 is 28.4 Å². The summed E-state index contributed by atoms with van der Waals surface area (Å²) in [5.74, 6) is 2.94. The maximum atomic E-state index is 5.94. The number of para-hydroxylation sites is 1. The Morgan fingerprint density at radius 2 is 2.08 bits per heavy atom. The summed E-state index contributed by atoms with van der Waals surface area (Å²) >= 11 is 1.59. The molecule has 0 fully saturated rings. The molecular weight excluding hydrogens is 324 g/mol. The van der Waals surface area contributed by atoms with Gasteiger partial charge in [-0.3, -0.25) is 0 Å². The normalized spacial score (nSPS) is 14.0. The molecule has 0 unspecified atom stereocenters. The second kappa shape index (κ2) is 5.10. The molecule has 0 atom stereocenters. The topological polar surface area (TPSA) is 69.3 Å². The Labute approximate surface area is 141 Å². The molecule has 4 aromatic rings. The van der Waals surface area contributed by atoms with Gasteiger partial charge < -0.3 is 8.83 Å². The Bertz CT molecular complexity index is 1060. The predicted octanol–water partition coefficient (Wildman–Crippen LogP) is 3.95. The molecule has 118 valence electrons. The summed E-state index contributed by atoms with van der Waals surface area (Å²) < 4.78 is 13.1. The molecule has 0 aliphatic carbocycles. The van der Waals surface area contributed by atoms with Crippen LogP contribution in [0.3, 0.4) is 0 Å². The summed E-state index contributed by atoms with van der Waals surface area (Å²) in [6.45, 7) is 1.90. The molecule has 1 aliphatic heterocycles. The summed E-state index contributed by atoms with van der Waals surface area (Å²) in [6, 6.07) is 11.8. The predicted molar refractivity (Wildman–Crippen MR) is 91.3 cm³/mol. The van der Waals surface area contributed by atoms with Crippen LogP contribution in [-0.2, 0) is 0 Å². The third-order valence-corrected chi connectivity index (χ3v) is 4.91. The second-order valence-electron chi connectivity index (χ2n) is 5.49. The molecule has 0 spiro atoms. The third kappa shape index (κ3) is 2.01. The second-order valence-corrected chi connectivity index (χ2v) is 6.43. The molecule has 5 rings (SSSR count). The monoisotopic (exact) mass is 336 g/mol. The van der Waals surface area contributed by atoms with Crippen molar-refractivity contribution in [2.45, 2.75) is 12.1 Å². The first-order valence-electron chi connectivity index (χ1n) is 7.49. The maximum Gasteiger partial charge on any atom is 0.212 e. The molecule has 6 nitrogen and oxygen atoms in total. The molecule has 1 aromatic carbocycles. The molecule has 0 saturated heterocycles. The fraction of sp³-hybridized carbons (Fsp3) is 0.118. The van der Waals surface area contributed by atoms with Gasteiger partial charge in [-0.25, -0.2) is 0 Å². The molecule has 24 heavy (non-hydrogen) atoms. The van der Waals surface area contributed by atoms with E-state index in [-0.39, 0.29) is 0 Å². The quantitative estimate of drug-likeness (QED) is 0.554. The lowest BCUT2D eigenvalue weighted by Gasteiger charge is -2.11. The smallest absolute Gasteiger partial charge is 0.212 e. The summed E-state index contributed by atoms with van der Waals surface area (Å²) in [4.78, 5) is 0. The lowest BCUT2D eigenvalue weighted by atomic mass is 10.2. The minimum absolute atomic E-state index is 0.678. The van der Waals surface area contributed by atoms with Crippen molar-refractivity contribution in [1.82, 2.24) is 14.9 Å². The SMILES string of the molecule is Cc1occc1-c1nnc2n1N=C(c1cc3ccccc3o1)CS2. The Hall–Kier alpha value is -2.80.